The van der Waals surface area contributed by atoms with Gasteiger partial charge in [-0.2, -0.15) is 0 Å². The van der Waals surface area contributed by atoms with E-state index in [0.717, 1.165) is 198 Å². The zero-order valence-corrected chi connectivity index (χ0v) is 77.7. The Hall–Kier alpha value is -18.8. The van der Waals surface area contributed by atoms with E-state index in [-0.39, 0.29) is 5.41 Å². The number of hydrogen-bond donors (Lipinski definition) is 0. The fraction of sp³-hybridized carbons (Fsp3) is 0.0233. The fourth-order valence-corrected chi connectivity index (χ4v) is 24.5. The van der Waals surface area contributed by atoms with Crippen molar-refractivity contribution < 1.29 is 17.7 Å². The first-order valence-electron chi connectivity index (χ1n) is 48.3. The third-order valence-electron chi connectivity index (χ3n) is 29.9. The first kappa shape index (κ1) is 79.3. The van der Waals surface area contributed by atoms with E-state index in [9.17, 15) is 0 Å². The standard InChI is InChI=1S/C45H29N3O.C42H23N3O2.C42H23N3OS/c1-45(2)35-20-9-7-17-32(35)41-40(45)44(47-43(46-41)33-19-11-18-31-30-16-8-10-21-38(30)49-42(31)33)48-36-23-22-26-12-5-6-15-29(26)39(36)34-24-27-13-3-4-14-28(27)25-37(34)48;1-3-12-26-22-34-32(20-24(26)10-1)33-21-25-11-2-4-13-27(25)23-35(33)45(34)42-40-38(30-15-6-8-19-37(30)47-40)43-41(44-42)31-17-9-16-29-28-14-5-7-18-36(28)46-39(29)31;1-2-12-26-23-34-32(22-25(26)11-1)37-27-13-4-3-10-24(27)20-21-33(37)45(34)42-40-38(30-15-6-8-19-36(30)47-40)43-41(44-42)31-17-9-16-29-28-14-5-7-18-35(28)46-39(29)31/h3-25H,1-2H3;2*1-23H. The Labute approximate surface area is 816 Å². The van der Waals surface area contributed by atoms with Gasteiger partial charge in [0.1, 0.15) is 50.4 Å². The minimum absolute atomic E-state index is 0.332. The molecule has 0 atom stereocenters. The van der Waals surface area contributed by atoms with Crippen LogP contribution in [-0.4, -0.2) is 43.6 Å². The minimum atomic E-state index is -0.332. The van der Waals surface area contributed by atoms with Crippen LogP contribution in [0.4, 0.5) is 0 Å². The monoisotopic (exact) mass is 1850 g/mol. The smallest absolute Gasteiger partial charge is 0.197 e. The predicted molar refractivity (Wildman–Crippen MR) is 590 cm³/mol. The van der Waals surface area contributed by atoms with E-state index in [1.807, 2.05) is 66.7 Å². The maximum absolute atomic E-state index is 6.64. The molecule has 0 spiro atoms. The highest BCUT2D eigenvalue weighted by atomic mass is 32.1. The van der Waals surface area contributed by atoms with Gasteiger partial charge in [-0.05, 0) is 185 Å². The molecule has 0 fully saturated rings. The lowest BCUT2D eigenvalue weighted by molar-refractivity contribution is 0.650. The van der Waals surface area contributed by atoms with Crippen LogP contribution in [-0.2, 0) is 5.41 Å². The van der Waals surface area contributed by atoms with E-state index in [1.165, 1.54) is 85.7 Å². The number of aromatic nitrogens is 9. The van der Waals surface area contributed by atoms with Crippen LogP contribution in [0.25, 0.3) is 301 Å². The van der Waals surface area contributed by atoms with E-state index in [1.54, 1.807) is 11.3 Å². The summed E-state index contributed by atoms with van der Waals surface area (Å²) in [6.45, 7) is 4.62. The third kappa shape index (κ3) is 11.7. The van der Waals surface area contributed by atoms with Crippen molar-refractivity contribution in [1.82, 2.24) is 43.6 Å². The summed E-state index contributed by atoms with van der Waals surface area (Å²) in [5.41, 5.74) is 21.5. The Morgan fingerprint density at radius 2 is 0.552 bits per heavy atom. The highest BCUT2D eigenvalue weighted by Gasteiger charge is 2.42. The summed E-state index contributed by atoms with van der Waals surface area (Å²) in [6, 6.07) is 148. The SMILES string of the molecule is CC1(C)c2ccccc2-c2nc(-c3cccc4c3oc3ccccc34)nc(-n3c4cc5ccccc5cc4c4c5ccccc5ccc43)c21.c1ccc2cc3c(cc2c1)c1c2ccccc2ccc1n3-c1nc(-c2cccc3c2oc2ccccc23)nc2c1sc1ccccc12.c1ccc2cc3c(cc2c1)c1cc2ccccc2cc1n3-c1nc(-c2cccc3c2oc2ccccc23)nc2c1oc1ccccc12. The average Bonchev–Trinajstić information content (AvgIpc) is 1.53. The molecule has 0 saturated heterocycles. The Morgan fingerprint density at radius 1 is 0.224 bits per heavy atom. The molecule has 0 unspecified atom stereocenters. The van der Waals surface area contributed by atoms with Gasteiger partial charge in [-0.1, -0.05) is 317 Å². The van der Waals surface area contributed by atoms with Crippen LogP contribution in [0.3, 0.4) is 0 Å². The van der Waals surface area contributed by atoms with Gasteiger partial charge in [-0.15, -0.1) is 11.3 Å². The Kier molecular flexibility index (Phi) is 16.7. The molecule has 13 nitrogen and oxygen atoms in total. The van der Waals surface area contributed by atoms with E-state index in [0.29, 0.717) is 28.9 Å². The number of benzene rings is 21. The van der Waals surface area contributed by atoms with Crippen LogP contribution in [0.5, 0.6) is 0 Å². The van der Waals surface area contributed by atoms with Gasteiger partial charge in [0.15, 0.2) is 34.7 Å². The van der Waals surface area contributed by atoms with E-state index < -0.39 is 0 Å². The maximum Gasteiger partial charge on any atom is 0.197 e. The van der Waals surface area contributed by atoms with Crippen molar-refractivity contribution in [2.45, 2.75) is 19.3 Å². The first-order valence-corrected chi connectivity index (χ1v) is 49.2. The lowest BCUT2D eigenvalue weighted by Crippen LogP contribution is -2.19. The van der Waals surface area contributed by atoms with Crippen LogP contribution in [0, 0.1) is 0 Å². The molecule has 11 aromatic heterocycles. The van der Waals surface area contributed by atoms with Crippen LogP contribution >= 0.6 is 11.3 Å². The number of furan rings is 4. The normalized spacial score (nSPS) is 12.7. The molecule has 1 aliphatic rings. The summed E-state index contributed by atoms with van der Waals surface area (Å²) in [7, 11) is 0. The summed E-state index contributed by atoms with van der Waals surface area (Å²) >= 11 is 1.75. The van der Waals surface area contributed by atoms with Gasteiger partial charge >= 0.3 is 0 Å². The molecule has 0 amide bonds. The number of fused-ring (bicyclic) bond motifs is 35. The summed E-state index contributed by atoms with van der Waals surface area (Å²) in [6.07, 6.45) is 0. The van der Waals surface area contributed by atoms with Crippen molar-refractivity contribution in [2.24, 2.45) is 0 Å². The number of hydrogen-bond acceptors (Lipinski definition) is 11. The summed E-state index contributed by atoms with van der Waals surface area (Å²) in [4.78, 5) is 32.4. The average molecular weight is 1850 g/mol. The Bertz CT molecular complexity index is 10900. The lowest BCUT2D eigenvalue weighted by atomic mass is 9.82. The van der Waals surface area contributed by atoms with Crippen molar-refractivity contribution >= 4 is 250 Å². The Balaban J connectivity index is 0.0000000981. The van der Waals surface area contributed by atoms with Crippen LogP contribution < -0.4 is 0 Å². The number of para-hydroxylation sites is 7. The van der Waals surface area contributed by atoms with Gasteiger partial charge in [-0.25, -0.2) is 29.9 Å². The molecule has 0 bridgehead atoms. The van der Waals surface area contributed by atoms with Gasteiger partial charge in [-0.3, -0.25) is 13.7 Å². The molecule has 14 heteroatoms. The van der Waals surface area contributed by atoms with Gasteiger partial charge < -0.3 is 17.7 Å². The second-order valence-corrected chi connectivity index (χ2v) is 39.2. The highest BCUT2D eigenvalue weighted by molar-refractivity contribution is 7.26. The second kappa shape index (κ2) is 30.1. The molecular weight excluding hydrogens is 1770 g/mol. The van der Waals surface area contributed by atoms with Crippen LogP contribution in [0.2, 0.25) is 0 Å². The largest absolute Gasteiger partial charge is 0.455 e. The van der Waals surface area contributed by atoms with Crippen molar-refractivity contribution in [2.75, 3.05) is 0 Å². The van der Waals surface area contributed by atoms with Gasteiger partial charge in [0, 0.05) is 96.6 Å². The molecule has 0 radical (unpaired) electrons. The second-order valence-electron chi connectivity index (χ2n) is 38.1. The molecule has 0 aliphatic heterocycles. The summed E-state index contributed by atoms with van der Waals surface area (Å²) in [5.74, 6) is 4.37. The summed E-state index contributed by atoms with van der Waals surface area (Å²) < 4.78 is 35.4. The zero-order valence-electron chi connectivity index (χ0n) is 76.9. The van der Waals surface area contributed by atoms with Gasteiger partial charge in [0.2, 0.25) is 0 Å². The van der Waals surface area contributed by atoms with Gasteiger partial charge in [0.25, 0.3) is 0 Å². The first-order chi connectivity index (χ1) is 70.6. The molecule has 32 aromatic rings. The predicted octanol–water partition coefficient (Wildman–Crippen LogP) is 34.9. The topological polar surface area (TPSA) is 145 Å². The molecule has 666 valence electrons. The fourth-order valence-electron chi connectivity index (χ4n) is 23.4. The van der Waals surface area contributed by atoms with Crippen LogP contribution in [0.1, 0.15) is 25.0 Å². The quantitative estimate of drug-likeness (QED) is 0.158. The van der Waals surface area contributed by atoms with Gasteiger partial charge in [0.05, 0.1) is 65.7 Å². The molecule has 143 heavy (non-hydrogen) atoms. The number of rotatable bonds is 6. The van der Waals surface area contributed by atoms with Crippen molar-refractivity contribution in [3.8, 4) is 62.9 Å². The van der Waals surface area contributed by atoms with Crippen molar-refractivity contribution in [3.63, 3.8) is 0 Å². The van der Waals surface area contributed by atoms with Crippen molar-refractivity contribution in [3.05, 3.63) is 430 Å². The highest BCUT2D eigenvalue weighted by Crippen LogP contribution is 2.54. The number of nitrogens with zero attached hydrogens (tertiary/aromatic N) is 9. The third-order valence-corrected chi connectivity index (χ3v) is 31.0. The molecule has 1 aliphatic carbocycles. The summed E-state index contributed by atoms with van der Waals surface area (Å²) in [5, 5.41) is 30.2. The van der Waals surface area contributed by atoms with E-state index in [2.05, 4.69) is 379 Å². The molecule has 11 heterocycles. The van der Waals surface area contributed by atoms with E-state index >= 15 is 0 Å². The lowest BCUT2D eigenvalue weighted by Gasteiger charge is -2.24. The Morgan fingerprint density at radius 3 is 1.03 bits per heavy atom. The maximum atomic E-state index is 6.64. The number of thiophene rings is 1. The molecule has 0 saturated carbocycles. The minimum Gasteiger partial charge on any atom is -0.455 e. The molecule has 33 rings (SSSR count). The van der Waals surface area contributed by atoms with Crippen LogP contribution in [0.15, 0.2) is 436 Å². The zero-order chi connectivity index (χ0) is 93.7. The van der Waals surface area contributed by atoms with E-state index in [4.69, 9.17) is 47.6 Å². The molecular formula is C129H75N9O4S. The molecule has 21 aromatic carbocycles. The molecule has 0 N–H and O–H groups in total. The van der Waals surface area contributed by atoms with Crippen molar-refractivity contribution in [1.29, 1.82) is 0 Å².